The van der Waals surface area contributed by atoms with Gasteiger partial charge in [-0.2, -0.15) is 0 Å². The van der Waals surface area contributed by atoms with Crippen molar-refractivity contribution in [3.63, 3.8) is 0 Å². The smallest absolute Gasteiger partial charge is 0.449 e. The molecule has 32 heavy (non-hydrogen) atoms. The minimum absolute atomic E-state index is 0.334. The number of nitrogens with zero attached hydrogens (tertiary/aromatic N) is 2. The quantitative estimate of drug-likeness (QED) is 0.261. The lowest BCUT2D eigenvalue weighted by atomic mass is 10.0. The van der Waals surface area contributed by atoms with Gasteiger partial charge < -0.3 is 14.4 Å². The molecule has 0 radical (unpaired) electrons. The number of benzene rings is 3. The fourth-order valence-corrected chi connectivity index (χ4v) is 3.99. The first kappa shape index (κ1) is 21.6. The number of rotatable bonds is 7. The number of carboxylic acid groups (broad SMARTS) is 1. The molecular formula is C27H28N2O3. The molecule has 0 spiro atoms. The Bertz CT molecular complexity index is 1260. The second kappa shape index (κ2) is 9.27. The van der Waals surface area contributed by atoms with E-state index in [9.17, 15) is 4.79 Å². The summed E-state index contributed by atoms with van der Waals surface area (Å²) in [6.07, 6.45) is 1.89. The second-order valence-electron chi connectivity index (χ2n) is 8.20. The highest BCUT2D eigenvalue weighted by Gasteiger charge is 2.13. The van der Waals surface area contributed by atoms with Crippen LogP contribution in [0.1, 0.15) is 42.3 Å². The molecule has 1 aromatic heterocycles. The van der Waals surface area contributed by atoms with Crippen LogP contribution in [0.15, 0.2) is 60.7 Å². The van der Waals surface area contributed by atoms with Crippen LogP contribution >= 0.6 is 0 Å². The van der Waals surface area contributed by atoms with Crippen molar-refractivity contribution in [3.05, 3.63) is 83.2 Å². The SMILES string of the molecule is CCCCc1nc2cc(C)c(C)cc2n1Cc1ccc(-c2ccccc2OC(=O)O)cc1. The van der Waals surface area contributed by atoms with Crippen molar-refractivity contribution in [3.8, 4) is 16.9 Å². The highest BCUT2D eigenvalue weighted by Crippen LogP contribution is 2.30. The molecular weight excluding hydrogens is 400 g/mol. The van der Waals surface area contributed by atoms with E-state index in [1.165, 1.54) is 22.2 Å². The molecule has 0 fully saturated rings. The Kier molecular flexibility index (Phi) is 6.26. The van der Waals surface area contributed by atoms with E-state index in [0.29, 0.717) is 5.75 Å². The molecule has 0 aliphatic rings. The molecule has 0 saturated heterocycles. The molecule has 1 N–H and O–H groups in total. The van der Waals surface area contributed by atoms with Crippen LogP contribution in [0.2, 0.25) is 0 Å². The van der Waals surface area contributed by atoms with Gasteiger partial charge in [-0.05, 0) is 60.7 Å². The molecule has 0 saturated carbocycles. The van der Waals surface area contributed by atoms with Crippen LogP contribution in [0.5, 0.6) is 5.75 Å². The summed E-state index contributed by atoms with van der Waals surface area (Å²) < 4.78 is 7.27. The topological polar surface area (TPSA) is 64.4 Å². The Morgan fingerprint density at radius 1 is 1.03 bits per heavy atom. The van der Waals surface area contributed by atoms with Gasteiger partial charge in [0.05, 0.1) is 11.0 Å². The number of para-hydroxylation sites is 1. The van der Waals surface area contributed by atoms with Crippen LogP contribution in [0.3, 0.4) is 0 Å². The van der Waals surface area contributed by atoms with Gasteiger partial charge in [-0.1, -0.05) is 55.8 Å². The maximum atomic E-state index is 11.0. The van der Waals surface area contributed by atoms with E-state index in [0.717, 1.165) is 48.3 Å². The van der Waals surface area contributed by atoms with E-state index in [4.69, 9.17) is 14.8 Å². The number of hydrogen-bond donors (Lipinski definition) is 1. The average molecular weight is 429 g/mol. The first-order valence-corrected chi connectivity index (χ1v) is 11.0. The molecule has 5 heteroatoms. The van der Waals surface area contributed by atoms with Gasteiger partial charge in [-0.25, -0.2) is 9.78 Å². The highest BCUT2D eigenvalue weighted by atomic mass is 16.7. The van der Waals surface area contributed by atoms with Gasteiger partial charge in [0.15, 0.2) is 0 Å². The molecule has 0 amide bonds. The van der Waals surface area contributed by atoms with Crippen molar-refractivity contribution >= 4 is 17.2 Å². The van der Waals surface area contributed by atoms with Crippen LogP contribution < -0.4 is 4.74 Å². The van der Waals surface area contributed by atoms with Crippen LogP contribution in [0.4, 0.5) is 4.79 Å². The van der Waals surface area contributed by atoms with Crippen molar-refractivity contribution in [2.75, 3.05) is 0 Å². The maximum absolute atomic E-state index is 11.0. The number of unbranched alkanes of at least 4 members (excludes halogenated alkanes) is 1. The Labute approximate surface area is 188 Å². The summed E-state index contributed by atoms with van der Waals surface area (Å²) >= 11 is 0. The van der Waals surface area contributed by atoms with Gasteiger partial charge >= 0.3 is 6.16 Å². The minimum atomic E-state index is -1.31. The largest absolute Gasteiger partial charge is 0.511 e. The number of fused-ring (bicyclic) bond motifs is 1. The third-order valence-corrected chi connectivity index (χ3v) is 5.89. The molecule has 0 bridgehead atoms. The lowest BCUT2D eigenvalue weighted by Gasteiger charge is -2.12. The normalized spacial score (nSPS) is 11.1. The van der Waals surface area contributed by atoms with Crippen molar-refractivity contribution in [2.45, 2.75) is 46.6 Å². The van der Waals surface area contributed by atoms with Gasteiger partial charge in [0.25, 0.3) is 0 Å². The first-order valence-electron chi connectivity index (χ1n) is 11.0. The predicted octanol–water partition coefficient (Wildman–Crippen LogP) is 6.77. The monoisotopic (exact) mass is 428 g/mol. The molecule has 1 heterocycles. The van der Waals surface area contributed by atoms with Crippen molar-refractivity contribution < 1.29 is 14.6 Å². The summed E-state index contributed by atoms with van der Waals surface area (Å²) in [4.78, 5) is 16.0. The van der Waals surface area contributed by atoms with Gasteiger partial charge in [-0.3, -0.25) is 0 Å². The summed E-state index contributed by atoms with van der Waals surface area (Å²) in [7, 11) is 0. The zero-order chi connectivity index (χ0) is 22.7. The predicted molar refractivity (Wildman–Crippen MR) is 127 cm³/mol. The summed E-state index contributed by atoms with van der Waals surface area (Å²) in [5.74, 6) is 1.46. The standard InChI is InChI=1S/C27H28N2O3/c1-4-5-10-26-28-23-15-18(2)19(3)16-24(23)29(26)17-20-11-13-21(14-12-20)22-8-6-7-9-25(22)32-27(30)31/h6-9,11-16H,4-5,10,17H2,1-3H3,(H,30,31). The Hall–Kier alpha value is -3.60. The lowest BCUT2D eigenvalue weighted by molar-refractivity contribution is 0.144. The number of imidazole rings is 1. The third kappa shape index (κ3) is 4.52. The number of aromatic nitrogens is 2. The summed E-state index contributed by atoms with van der Waals surface area (Å²) in [5, 5.41) is 9.01. The lowest BCUT2D eigenvalue weighted by Crippen LogP contribution is -2.06. The van der Waals surface area contributed by atoms with Gasteiger partial charge in [0.2, 0.25) is 0 Å². The summed E-state index contributed by atoms with van der Waals surface area (Å²) in [5.41, 5.74) is 7.59. The molecule has 0 aliphatic heterocycles. The molecule has 5 nitrogen and oxygen atoms in total. The highest BCUT2D eigenvalue weighted by molar-refractivity contribution is 5.78. The van der Waals surface area contributed by atoms with E-state index in [1.807, 2.05) is 24.3 Å². The molecule has 0 aliphatic carbocycles. The second-order valence-corrected chi connectivity index (χ2v) is 8.20. The van der Waals surface area contributed by atoms with Gasteiger partial charge in [-0.15, -0.1) is 0 Å². The van der Waals surface area contributed by atoms with E-state index < -0.39 is 6.16 Å². The zero-order valence-corrected chi connectivity index (χ0v) is 18.8. The van der Waals surface area contributed by atoms with E-state index in [1.54, 1.807) is 12.1 Å². The number of aryl methyl sites for hydroxylation is 3. The van der Waals surface area contributed by atoms with Crippen LogP contribution in [-0.4, -0.2) is 20.8 Å². The molecule has 0 atom stereocenters. The van der Waals surface area contributed by atoms with Crippen LogP contribution in [0.25, 0.3) is 22.2 Å². The Morgan fingerprint density at radius 2 is 1.75 bits per heavy atom. The summed E-state index contributed by atoms with van der Waals surface area (Å²) in [6.45, 7) is 7.21. The van der Waals surface area contributed by atoms with Gasteiger partial charge in [0, 0.05) is 18.5 Å². The van der Waals surface area contributed by atoms with Gasteiger partial charge in [0.1, 0.15) is 11.6 Å². The van der Waals surface area contributed by atoms with Crippen molar-refractivity contribution in [1.29, 1.82) is 0 Å². The number of hydrogen-bond acceptors (Lipinski definition) is 3. The number of carbonyl (C=O) groups is 1. The molecule has 4 aromatic rings. The average Bonchev–Trinajstić information content (AvgIpc) is 3.09. The first-order chi connectivity index (χ1) is 15.5. The van der Waals surface area contributed by atoms with Crippen LogP contribution in [-0.2, 0) is 13.0 Å². The fourth-order valence-electron chi connectivity index (χ4n) is 3.99. The maximum Gasteiger partial charge on any atom is 0.511 e. The van der Waals surface area contributed by atoms with E-state index in [2.05, 4.69) is 49.6 Å². The molecule has 4 rings (SSSR count). The van der Waals surface area contributed by atoms with Crippen molar-refractivity contribution in [1.82, 2.24) is 9.55 Å². The third-order valence-electron chi connectivity index (χ3n) is 5.89. The minimum Gasteiger partial charge on any atom is -0.449 e. The molecule has 3 aromatic carbocycles. The Morgan fingerprint density at radius 3 is 2.47 bits per heavy atom. The van der Waals surface area contributed by atoms with Crippen molar-refractivity contribution in [2.24, 2.45) is 0 Å². The van der Waals surface area contributed by atoms with Crippen LogP contribution in [0, 0.1) is 13.8 Å². The fraction of sp³-hybridized carbons (Fsp3) is 0.259. The number of ether oxygens (including phenoxy) is 1. The molecule has 0 unspecified atom stereocenters. The van der Waals surface area contributed by atoms with E-state index >= 15 is 0 Å². The molecule has 164 valence electrons. The van der Waals surface area contributed by atoms with E-state index in [-0.39, 0.29) is 0 Å². The zero-order valence-electron chi connectivity index (χ0n) is 18.8. The summed E-state index contributed by atoms with van der Waals surface area (Å²) in [6, 6.07) is 19.8. The Balaban J connectivity index is 1.67.